The quantitative estimate of drug-likeness (QED) is 0.611. The Morgan fingerprint density at radius 3 is 2.03 bits per heavy atom. The van der Waals surface area contributed by atoms with Crippen LogP contribution in [0.15, 0.2) is 58.3 Å². The van der Waals surface area contributed by atoms with Crippen LogP contribution in [0.2, 0.25) is 0 Å². The lowest BCUT2D eigenvalue weighted by atomic mass is 9.87. The Balaban J connectivity index is 1.50. The van der Waals surface area contributed by atoms with Gasteiger partial charge in [-0.3, -0.25) is 4.79 Å². The van der Waals surface area contributed by atoms with Gasteiger partial charge < -0.3 is 4.90 Å². The smallest absolute Gasteiger partial charge is 0.240 e. The molecule has 32 heavy (non-hydrogen) atoms. The van der Waals surface area contributed by atoms with Crippen molar-refractivity contribution in [3.63, 3.8) is 0 Å². The van der Waals surface area contributed by atoms with Crippen molar-refractivity contribution >= 4 is 25.8 Å². The minimum Gasteiger partial charge on any atom is -0.340 e. The van der Waals surface area contributed by atoms with Gasteiger partial charge in [-0.05, 0) is 47.4 Å². The van der Waals surface area contributed by atoms with E-state index in [1.807, 2.05) is 20.8 Å². The monoisotopic (exact) mass is 482 g/mol. The third-order valence-corrected chi connectivity index (χ3v) is 9.03. The maximum atomic E-state index is 13.0. The second-order valence-corrected chi connectivity index (χ2v) is 12.8. The summed E-state index contributed by atoms with van der Waals surface area (Å²) in [6, 6.07) is 11.2. The summed E-state index contributed by atoms with van der Waals surface area (Å²) in [6.07, 6.45) is -0.0807. The molecule has 1 fully saturated rings. The van der Waals surface area contributed by atoms with E-state index < -0.39 is 30.9 Å². The van der Waals surface area contributed by atoms with Gasteiger partial charge in [0.15, 0.2) is 9.84 Å². The van der Waals surface area contributed by atoms with E-state index in [1.54, 1.807) is 12.1 Å². The summed E-state index contributed by atoms with van der Waals surface area (Å²) < 4.78 is 65.4. The van der Waals surface area contributed by atoms with Crippen LogP contribution in [0, 0.1) is 5.82 Å². The summed E-state index contributed by atoms with van der Waals surface area (Å²) in [7, 11) is -7.40. The molecule has 0 radical (unpaired) electrons. The van der Waals surface area contributed by atoms with Crippen LogP contribution in [0.4, 0.5) is 4.39 Å². The van der Waals surface area contributed by atoms with Crippen molar-refractivity contribution in [2.45, 2.75) is 47.6 Å². The number of nitrogens with zero attached hydrogens (tertiary/aromatic N) is 1. The average Bonchev–Trinajstić information content (AvgIpc) is 2.66. The topological polar surface area (TPSA) is 101 Å². The number of benzene rings is 2. The predicted molar refractivity (Wildman–Crippen MR) is 119 cm³/mol. The minimum absolute atomic E-state index is 0.0150. The minimum atomic E-state index is -3.75. The van der Waals surface area contributed by atoms with Gasteiger partial charge in [-0.1, -0.05) is 32.9 Å². The molecule has 174 valence electrons. The van der Waals surface area contributed by atoms with Gasteiger partial charge in [0.1, 0.15) is 11.1 Å². The molecule has 7 nitrogen and oxygen atoms in total. The van der Waals surface area contributed by atoms with E-state index in [9.17, 15) is 26.0 Å². The van der Waals surface area contributed by atoms with E-state index in [4.69, 9.17) is 0 Å². The number of amides is 1. The van der Waals surface area contributed by atoms with Crippen LogP contribution in [-0.4, -0.2) is 52.5 Å². The molecule has 3 rings (SSSR count). The van der Waals surface area contributed by atoms with E-state index in [2.05, 4.69) is 4.72 Å². The van der Waals surface area contributed by atoms with Crippen LogP contribution in [0.5, 0.6) is 0 Å². The van der Waals surface area contributed by atoms with E-state index in [0.29, 0.717) is 0 Å². The summed E-state index contributed by atoms with van der Waals surface area (Å²) in [5.41, 5.74) is 0.913. The number of hydrogen-bond acceptors (Lipinski definition) is 5. The number of carbonyl (C=O) groups excluding carboxylic acids is 1. The Hall–Kier alpha value is -2.30. The van der Waals surface area contributed by atoms with Crippen molar-refractivity contribution in [1.82, 2.24) is 9.62 Å². The largest absolute Gasteiger partial charge is 0.340 e. The molecule has 0 aromatic heterocycles. The van der Waals surface area contributed by atoms with Gasteiger partial charge in [-0.2, -0.15) is 0 Å². The summed E-state index contributed by atoms with van der Waals surface area (Å²) in [5, 5.41) is -0.755. The Bertz CT molecular complexity index is 1180. The zero-order valence-corrected chi connectivity index (χ0v) is 19.8. The molecule has 1 amide bonds. The van der Waals surface area contributed by atoms with Crippen LogP contribution in [0.25, 0.3) is 0 Å². The zero-order chi connectivity index (χ0) is 23.7. The van der Waals surface area contributed by atoms with E-state index >= 15 is 0 Å². The molecule has 0 atom stereocenters. The highest BCUT2D eigenvalue weighted by molar-refractivity contribution is 7.92. The molecule has 1 aliphatic heterocycles. The van der Waals surface area contributed by atoms with Crippen LogP contribution in [-0.2, 0) is 30.1 Å². The molecule has 0 aliphatic carbocycles. The number of hydrogen-bond donors (Lipinski definition) is 1. The lowest BCUT2D eigenvalue weighted by Crippen LogP contribution is -2.57. The van der Waals surface area contributed by atoms with Crippen molar-refractivity contribution in [3.05, 3.63) is 59.9 Å². The fraction of sp³-hybridized carbons (Fsp3) is 0.409. The van der Waals surface area contributed by atoms with Crippen LogP contribution in [0.3, 0.4) is 0 Å². The number of rotatable bonds is 7. The highest BCUT2D eigenvalue weighted by Gasteiger charge is 2.40. The number of likely N-dealkylation sites (tertiary alicyclic amines) is 1. The Labute approximate surface area is 188 Å². The SMILES string of the molecule is CC(C)(C)c1ccc(S(=O)(=O)NCCC(=O)N2CC(S(=O)(=O)c3ccc(F)cc3)C2)cc1. The maximum absolute atomic E-state index is 13.0. The first-order valence-corrected chi connectivity index (χ1v) is 13.2. The van der Waals surface area contributed by atoms with Crippen molar-refractivity contribution in [3.8, 4) is 0 Å². The number of halogens is 1. The number of sulfonamides is 1. The second kappa shape index (κ2) is 8.92. The summed E-state index contributed by atoms with van der Waals surface area (Å²) in [6.45, 7) is 6.07. The summed E-state index contributed by atoms with van der Waals surface area (Å²) in [4.78, 5) is 13.8. The van der Waals surface area contributed by atoms with Gasteiger partial charge in [0.05, 0.1) is 9.79 Å². The Morgan fingerprint density at radius 1 is 0.969 bits per heavy atom. The molecular formula is C22H27FN2O5S2. The van der Waals surface area contributed by atoms with Crippen molar-refractivity contribution in [2.24, 2.45) is 0 Å². The predicted octanol–water partition coefficient (Wildman–Crippen LogP) is 2.48. The van der Waals surface area contributed by atoms with Crippen LogP contribution in [0.1, 0.15) is 32.8 Å². The maximum Gasteiger partial charge on any atom is 0.240 e. The fourth-order valence-electron chi connectivity index (χ4n) is 3.32. The fourth-order valence-corrected chi connectivity index (χ4v) is 6.01. The van der Waals surface area contributed by atoms with Gasteiger partial charge in [0.25, 0.3) is 0 Å². The molecule has 10 heteroatoms. The molecule has 1 aliphatic rings. The first-order chi connectivity index (χ1) is 14.8. The van der Waals surface area contributed by atoms with E-state index in [-0.39, 0.29) is 47.2 Å². The second-order valence-electron chi connectivity index (χ2n) is 8.84. The Kier molecular flexibility index (Phi) is 6.78. The van der Waals surface area contributed by atoms with Gasteiger partial charge in [0.2, 0.25) is 15.9 Å². The lowest BCUT2D eigenvalue weighted by molar-refractivity contribution is -0.134. The zero-order valence-electron chi connectivity index (χ0n) is 18.2. The van der Waals surface area contributed by atoms with Crippen LogP contribution >= 0.6 is 0 Å². The molecule has 0 saturated carbocycles. The third kappa shape index (κ3) is 5.36. The normalized spacial score (nSPS) is 15.4. The highest BCUT2D eigenvalue weighted by atomic mass is 32.2. The molecule has 0 spiro atoms. The molecule has 0 unspecified atom stereocenters. The van der Waals surface area contributed by atoms with Gasteiger partial charge in [0, 0.05) is 26.1 Å². The molecule has 2 aromatic carbocycles. The molecular weight excluding hydrogens is 455 g/mol. The van der Waals surface area contributed by atoms with Crippen LogP contribution < -0.4 is 4.72 Å². The number of sulfone groups is 1. The molecule has 1 N–H and O–H groups in total. The number of nitrogens with one attached hydrogen (secondary N) is 1. The van der Waals surface area contributed by atoms with Crippen molar-refractivity contribution in [2.75, 3.05) is 19.6 Å². The highest BCUT2D eigenvalue weighted by Crippen LogP contribution is 2.25. The molecule has 0 bridgehead atoms. The molecule has 1 saturated heterocycles. The van der Waals surface area contributed by atoms with E-state index in [1.165, 1.54) is 29.2 Å². The summed E-state index contributed by atoms with van der Waals surface area (Å²) in [5.74, 6) is -0.858. The van der Waals surface area contributed by atoms with Gasteiger partial charge >= 0.3 is 0 Å². The number of carbonyl (C=O) groups is 1. The van der Waals surface area contributed by atoms with Gasteiger partial charge in [-0.25, -0.2) is 25.9 Å². The molecule has 2 aromatic rings. The van der Waals surface area contributed by atoms with Crippen molar-refractivity contribution < 1.29 is 26.0 Å². The first-order valence-electron chi connectivity index (χ1n) is 10.2. The van der Waals surface area contributed by atoms with Gasteiger partial charge in [-0.15, -0.1) is 0 Å². The third-order valence-electron chi connectivity index (χ3n) is 5.44. The van der Waals surface area contributed by atoms with Crippen molar-refractivity contribution in [1.29, 1.82) is 0 Å². The lowest BCUT2D eigenvalue weighted by Gasteiger charge is -2.38. The average molecular weight is 483 g/mol. The van der Waals surface area contributed by atoms with E-state index in [0.717, 1.165) is 17.7 Å². The standard InChI is InChI=1S/C22H27FN2O5S2/c1-22(2,3)16-4-8-19(9-5-16)32(29,30)24-13-12-21(26)25-14-20(15-25)31(27,28)18-10-6-17(23)7-11-18/h4-11,20,24H,12-15H2,1-3H3. The molecule has 1 heterocycles. The first kappa shape index (κ1) is 24.3. The summed E-state index contributed by atoms with van der Waals surface area (Å²) >= 11 is 0. The Morgan fingerprint density at radius 2 is 1.50 bits per heavy atom.